The van der Waals surface area contributed by atoms with Crippen LogP contribution in [0.2, 0.25) is 0 Å². The molecule has 0 aromatic heterocycles. The summed E-state index contributed by atoms with van der Waals surface area (Å²) in [4.78, 5) is 13.8. The van der Waals surface area contributed by atoms with E-state index < -0.39 is 0 Å². The summed E-state index contributed by atoms with van der Waals surface area (Å²) >= 11 is 0. The van der Waals surface area contributed by atoms with Crippen LogP contribution in [0.25, 0.3) is 0 Å². The Bertz CT molecular complexity index is 205. The predicted octanol–water partition coefficient (Wildman–Crippen LogP) is -0.547. The van der Waals surface area contributed by atoms with Gasteiger partial charge in [0.15, 0.2) is 0 Å². The topological polar surface area (TPSA) is 61.8 Å². The van der Waals surface area contributed by atoms with Crippen LogP contribution in [0.15, 0.2) is 0 Å². The highest BCUT2D eigenvalue weighted by atomic mass is 16.5. The number of hydrogen-bond acceptors (Lipinski definition) is 4. The maximum Gasteiger partial charge on any atom is 0.227 e. The monoisotopic (exact) mass is 230 g/mol. The third-order valence-corrected chi connectivity index (χ3v) is 2.89. The summed E-state index contributed by atoms with van der Waals surface area (Å²) in [5, 5.41) is 12.2. The molecule has 0 aromatic rings. The standard InChI is InChI=1S/C11H22N2O3/c1-16-8-6-13(5-7-14)11(15)10-3-2-4-12-9-10/h10,12,14H,2-9H2,1H3/t10-/m1/s1. The quantitative estimate of drug-likeness (QED) is 0.643. The minimum absolute atomic E-state index is 0.00953. The van der Waals surface area contributed by atoms with Crippen molar-refractivity contribution in [2.45, 2.75) is 12.8 Å². The summed E-state index contributed by atoms with van der Waals surface area (Å²) in [6.45, 7) is 3.25. The summed E-state index contributed by atoms with van der Waals surface area (Å²) in [5.74, 6) is 0.204. The fourth-order valence-corrected chi connectivity index (χ4v) is 1.98. The van der Waals surface area contributed by atoms with Gasteiger partial charge in [0.1, 0.15) is 0 Å². The van der Waals surface area contributed by atoms with Crippen molar-refractivity contribution < 1.29 is 14.6 Å². The number of hydrogen-bond donors (Lipinski definition) is 2. The summed E-state index contributed by atoms with van der Waals surface area (Å²) in [6, 6.07) is 0. The molecule has 2 N–H and O–H groups in total. The summed E-state index contributed by atoms with van der Waals surface area (Å²) < 4.78 is 4.97. The SMILES string of the molecule is COCCN(CCO)C(=O)[C@@H]1CCCNC1. The molecular formula is C11H22N2O3. The van der Waals surface area contributed by atoms with Gasteiger partial charge in [0.2, 0.25) is 5.91 Å². The van der Waals surface area contributed by atoms with Crippen molar-refractivity contribution in [2.24, 2.45) is 5.92 Å². The van der Waals surface area contributed by atoms with E-state index in [1.165, 1.54) is 0 Å². The summed E-state index contributed by atoms with van der Waals surface area (Å²) in [6.07, 6.45) is 1.99. The molecule has 0 unspecified atom stereocenters. The molecule has 5 nitrogen and oxygen atoms in total. The second-order valence-corrected chi connectivity index (χ2v) is 4.08. The molecule has 94 valence electrons. The lowest BCUT2D eigenvalue weighted by atomic mass is 9.98. The highest BCUT2D eigenvalue weighted by Crippen LogP contribution is 2.13. The van der Waals surface area contributed by atoms with Crippen molar-refractivity contribution in [2.75, 3.05) is 46.5 Å². The lowest BCUT2D eigenvalue weighted by Gasteiger charge is -2.29. The molecule has 1 heterocycles. The second-order valence-electron chi connectivity index (χ2n) is 4.08. The molecule has 0 saturated carbocycles. The van der Waals surface area contributed by atoms with E-state index >= 15 is 0 Å². The van der Waals surface area contributed by atoms with E-state index in [4.69, 9.17) is 9.84 Å². The van der Waals surface area contributed by atoms with Gasteiger partial charge in [0, 0.05) is 26.7 Å². The normalized spacial score (nSPS) is 20.8. The van der Waals surface area contributed by atoms with Crippen LogP contribution in [-0.4, -0.2) is 62.4 Å². The number of carbonyl (C=O) groups excluding carboxylic acids is 1. The Balaban J connectivity index is 2.44. The van der Waals surface area contributed by atoms with Gasteiger partial charge in [-0.3, -0.25) is 4.79 Å². The predicted molar refractivity (Wildman–Crippen MR) is 61.1 cm³/mol. The third-order valence-electron chi connectivity index (χ3n) is 2.89. The Morgan fingerprint density at radius 2 is 2.38 bits per heavy atom. The van der Waals surface area contributed by atoms with E-state index in [1.54, 1.807) is 12.0 Å². The maximum atomic E-state index is 12.1. The average molecular weight is 230 g/mol. The first-order chi connectivity index (χ1) is 7.79. The van der Waals surface area contributed by atoms with Gasteiger partial charge >= 0.3 is 0 Å². The van der Waals surface area contributed by atoms with Crippen LogP contribution in [0.3, 0.4) is 0 Å². The molecule has 0 aliphatic carbocycles. The van der Waals surface area contributed by atoms with Gasteiger partial charge in [-0.15, -0.1) is 0 Å². The van der Waals surface area contributed by atoms with Crippen molar-refractivity contribution in [1.29, 1.82) is 0 Å². The van der Waals surface area contributed by atoms with E-state index in [0.717, 1.165) is 25.9 Å². The molecule has 0 radical (unpaired) electrons. The fraction of sp³-hybridized carbons (Fsp3) is 0.909. The molecule has 1 rings (SSSR count). The van der Waals surface area contributed by atoms with Gasteiger partial charge in [-0.2, -0.15) is 0 Å². The van der Waals surface area contributed by atoms with Crippen LogP contribution >= 0.6 is 0 Å². The number of methoxy groups -OCH3 is 1. The van der Waals surface area contributed by atoms with E-state index in [0.29, 0.717) is 19.7 Å². The zero-order chi connectivity index (χ0) is 11.8. The Morgan fingerprint density at radius 3 is 2.94 bits per heavy atom. The van der Waals surface area contributed by atoms with Crippen molar-refractivity contribution in [3.8, 4) is 0 Å². The Hall–Kier alpha value is -0.650. The number of piperidine rings is 1. The second kappa shape index (κ2) is 7.60. The molecule has 1 fully saturated rings. The summed E-state index contributed by atoms with van der Waals surface area (Å²) in [7, 11) is 1.61. The number of nitrogens with zero attached hydrogens (tertiary/aromatic N) is 1. The molecule has 1 aliphatic rings. The minimum atomic E-state index is 0.00953. The first-order valence-electron chi connectivity index (χ1n) is 5.89. The van der Waals surface area contributed by atoms with Gasteiger partial charge in [-0.05, 0) is 19.4 Å². The van der Waals surface area contributed by atoms with Crippen LogP contribution < -0.4 is 5.32 Å². The van der Waals surface area contributed by atoms with Gasteiger partial charge in [-0.1, -0.05) is 0 Å². The van der Waals surface area contributed by atoms with Gasteiger partial charge in [0.25, 0.3) is 0 Å². The number of amides is 1. The third kappa shape index (κ3) is 4.08. The molecule has 0 bridgehead atoms. The number of aliphatic hydroxyl groups is 1. The molecule has 1 aliphatic heterocycles. The van der Waals surface area contributed by atoms with E-state index in [2.05, 4.69) is 5.32 Å². The lowest BCUT2D eigenvalue weighted by molar-refractivity contribution is -0.137. The first-order valence-corrected chi connectivity index (χ1v) is 5.89. The van der Waals surface area contributed by atoms with Crippen molar-refractivity contribution >= 4 is 5.91 Å². The van der Waals surface area contributed by atoms with E-state index in [9.17, 15) is 4.79 Å². The van der Waals surface area contributed by atoms with Gasteiger partial charge < -0.3 is 20.1 Å². The average Bonchev–Trinajstić information content (AvgIpc) is 2.35. The highest BCUT2D eigenvalue weighted by molar-refractivity contribution is 5.79. The smallest absolute Gasteiger partial charge is 0.227 e. The van der Waals surface area contributed by atoms with Crippen molar-refractivity contribution in [3.05, 3.63) is 0 Å². The molecule has 1 amide bonds. The van der Waals surface area contributed by atoms with Crippen molar-refractivity contribution in [1.82, 2.24) is 10.2 Å². The van der Waals surface area contributed by atoms with Gasteiger partial charge in [0.05, 0.1) is 19.1 Å². The Labute approximate surface area is 96.8 Å². The van der Waals surface area contributed by atoms with E-state index in [-0.39, 0.29) is 18.4 Å². The molecule has 5 heteroatoms. The molecule has 0 spiro atoms. The van der Waals surface area contributed by atoms with Crippen LogP contribution in [0.5, 0.6) is 0 Å². The Morgan fingerprint density at radius 1 is 1.56 bits per heavy atom. The van der Waals surface area contributed by atoms with Gasteiger partial charge in [-0.25, -0.2) is 0 Å². The fourth-order valence-electron chi connectivity index (χ4n) is 1.98. The maximum absolute atomic E-state index is 12.1. The lowest BCUT2D eigenvalue weighted by Crippen LogP contribution is -2.45. The number of rotatable bonds is 6. The minimum Gasteiger partial charge on any atom is -0.395 e. The number of nitrogens with one attached hydrogen (secondary N) is 1. The largest absolute Gasteiger partial charge is 0.395 e. The zero-order valence-corrected chi connectivity index (χ0v) is 9.95. The zero-order valence-electron chi connectivity index (χ0n) is 9.95. The number of aliphatic hydroxyl groups excluding tert-OH is 1. The molecule has 16 heavy (non-hydrogen) atoms. The Kier molecular flexibility index (Phi) is 6.37. The highest BCUT2D eigenvalue weighted by Gasteiger charge is 2.25. The number of ether oxygens (including phenoxy) is 1. The van der Waals surface area contributed by atoms with Crippen molar-refractivity contribution in [3.63, 3.8) is 0 Å². The van der Waals surface area contributed by atoms with Crippen LogP contribution in [0.4, 0.5) is 0 Å². The molecule has 1 saturated heterocycles. The van der Waals surface area contributed by atoms with E-state index in [1.807, 2.05) is 0 Å². The van der Waals surface area contributed by atoms with Crippen LogP contribution in [0, 0.1) is 5.92 Å². The molecule has 1 atom stereocenters. The number of carbonyl (C=O) groups is 1. The molecule has 0 aromatic carbocycles. The molecular weight excluding hydrogens is 208 g/mol. The van der Waals surface area contributed by atoms with Crippen LogP contribution in [0.1, 0.15) is 12.8 Å². The van der Waals surface area contributed by atoms with Crippen LogP contribution in [-0.2, 0) is 9.53 Å². The summed E-state index contributed by atoms with van der Waals surface area (Å²) in [5.41, 5.74) is 0. The first kappa shape index (κ1) is 13.4.